The first-order chi connectivity index (χ1) is 11.2. The van der Waals surface area contributed by atoms with E-state index in [1.807, 2.05) is 23.1 Å². The zero-order valence-electron chi connectivity index (χ0n) is 12.9. The number of nitrogens with zero attached hydrogens (tertiary/aromatic N) is 2. The van der Waals surface area contributed by atoms with Crippen LogP contribution in [0.1, 0.15) is 27.9 Å². The van der Waals surface area contributed by atoms with Crippen molar-refractivity contribution in [2.24, 2.45) is 0 Å². The lowest BCUT2D eigenvalue weighted by Crippen LogP contribution is -2.37. The summed E-state index contributed by atoms with van der Waals surface area (Å²) in [6.45, 7) is 3.64. The molecule has 2 aromatic carbocycles. The highest BCUT2D eigenvalue weighted by atomic mass is 35.5. The normalized spacial score (nSPS) is 21.0. The SMILES string of the molecule is O=C1c2ccc(Cl)cc2CN1C1CCN(Cc2ccccc2)C1. The largest absolute Gasteiger partial charge is 0.330 e. The van der Waals surface area contributed by atoms with Crippen LogP contribution in [0.3, 0.4) is 0 Å². The Morgan fingerprint density at radius 1 is 1.13 bits per heavy atom. The second kappa shape index (κ2) is 5.99. The minimum Gasteiger partial charge on any atom is -0.330 e. The number of carbonyl (C=O) groups excluding carboxylic acids is 1. The van der Waals surface area contributed by atoms with Gasteiger partial charge in [-0.1, -0.05) is 41.9 Å². The average Bonchev–Trinajstić information content (AvgIpc) is 3.13. The van der Waals surface area contributed by atoms with Gasteiger partial charge in [0.15, 0.2) is 0 Å². The third kappa shape index (κ3) is 2.87. The molecule has 1 fully saturated rings. The van der Waals surface area contributed by atoms with Crippen LogP contribution in [0.5, 0.6) is 0 Å². The molecule has 0 aromatic heterocycles. The van der Waals surface area contributed by atoms with Crippen LogP contribution >= 0.6 is 11.6 Å². The molecule has 0 aliphatic carbocycles. The Morgan fingerprint density at radius 2 is 1.96 bits per heavy atom. The molecule has 3 nitrogen and oxygen atoms in total. The van der Waals surface area contributed by atoms with Crippen LogP contribution in [-0.2, 0) is 13.1 Å². The Labute approximate surface area is 141 Å². The van der Waals surface area contributed by atoms with Gasteiger partial charge >= 0.3 is 0 Å². The number of hydrogen-bond donors (Lipinski definition) is 0. The number of hydrogen-bond acceptors (Lipinski definition) is 2. The van der Waals surface area contributed by atoms with Crippen LogP contribution in [-0.4, -0.2) is 34.8 Å². The fourth-order valence-electron chi connectivity index (χ4n) is 3.66. The smallest absolute Gasteiger partial charge is 0.254 e. The van der Waals surface area contributed by atoms with E-state index in [1.54, 1.807) is 6.07 Å². The van der Waals surface area contributed by atoms with E-state index >= 15 is 0 Å². The summed E-state index contributed by atoms with van der Waals surface area (Å²) in [7, 11) is 0. The molecule has 0 spiro atoms. The van der Waals surface area contributed by atoms with Crippen LogP contribution < -0.4 is 0 Å². The van der Waals surface area contributed by atoms with Crippen molar-refractivity contribution in [1.82, 2.24) is 9.80 Å². The van der Waals surface area contributed by atoms with E-state index in [-0.39, 0.29) is 5.91 Å². The molecule has 0 bridgehead atoms. The molecule has 0 N–H and O–H groups in total. The van der Waals surface area contributed by atoms with Crippen molar-refractivity contribution < 1.29 is 4.79 Å². The molecule has 2 heterocycles. The lowest BCUT2D eigenvalue weighted by Gasteiger charge is -2.24. The summed E-state index contributed by atoms with van der Waals surface area (Å²) in [4.78, 5) is 17.1. The van der Waals surface area contributed by atoms with E-state index < -0.39 is 0 Å². The lowest BCUT2D eigenvalue weighted by molar-refractivity contribution is 0.0706. The first-order valence-corrected chi connectivity index (χ1v) is 8.44. The molecular formula is C19H19ClN2O. The molecule has 0 radical (unpaired) electrons. The van der Waals surface area contributed by atoms with E-state index in [4.69, 9.17) is 11.6 Å². The van der Waals surface area contributed by atoms with Gasteiger partial charge in [-0.25, -0.2) is 0 Å². The number of likely N-dealkylation sites (tertiary alicyclic amines) is 1. The zero-order valence-corrected chi connectivity index (χ0v) is 13.7. The maximum absolute atomic E-state index is 12.6. The van der Waals surface area contributed by atoms with Crippen molar-refractivity contribution >= 4 is 17.5 Å². The fourth-order valence-corrected chi connectivity index (χ4v) is 3.85. The predicted octanol–water partition coefficient (Wildman–Crippen LogP) is 3.57. The van der Waals surface area contributed by atoms with Crippen molar-refractivity contribution in [3.63, 3.8) is 0 Å². The van der Waals surface area contributed by atoms with Gasteiger partial charge in [-0.05, 0) is 35.7 Å². The highest BCUT2D eigenvalue weighted by Gasteiger charge is 2.36. The molecule has 4 heteroatoms. The number of fused-ring (bicyclic) bond motifs is 1. The highest BCUT2D eigenvalue weighted by molar-refractivity contribution is 6.30. The van der Waals surface area contributed by atoms with Gasteiger partial charge in [-0.15, -0.1) is 0 Å². The summed E-state index contributed by atoms with van der Waals surface area (Å²) in [6.07, 6.45) is 1.04. The zero-order chi connectivity index (χ0) is 15.8. The van der Waals surface area contributed by atoms with Gasteiger partial charge in [0, 0.05) is 42.8 Å². The van der Waals surface area contributed by atoms with Crippen LogP contribution in [0.2, 0.25) is 5.02 Å². The summed E-state index contributed by atoms with van der Waals surface area (Å²) >= 11 is 6.05. The second-order valence-corrected chi connectivity index (χ2v) is 6.83. The molecule has 1 saturated heterocycles. The molecule has 118 valence electrons. The highest BCUT2D eigenvalue weighted by Crippen LogP contribution is 2.30. The lowest BCUT2D eigenvalue weighted by atomic mass is 10.1. The van der Waals surface area contributed by atoms with Crippen LogP contribution in [0.4, 0.5) is 0 Å². The third-order valence-electron chi connectivity index (χ3n) is 4.84. The summed E-state index contributed by atoms with van der Waals surface area (Å²) in [5.41, 5.74) is 3.20. The molecule has 4 rings (SSSR count). The van der Waals surface area contributed by atoms with Crippen molar-refractivity contribution in [1.29, 1.82) is 0 Å². The first kappa shape index (κ1) is 14.7. The fraction of sp³-hybridized carbons (Fsp3) is 0.316. The standard InChI is InChI=1S/C19H19ClN2O/c20-16-6-7-18-15(10-16)12-22(19(18)23)17-8-9-21(13-17)11-14-4-2-1-3-5-14/h1-7,10,17H,8-9,11-13H2. The maximum atomic E-state index is 12.6. The Morgan fingerprint density at radius 3 is 2.78 bits per heavy atom. The maximum Gasteiger partial charge on any atom is 0.254 e. The van der Waals surface area contributed by atoms with Crippen molar-refractivity contribution in [3.8, 4) is 0 Å². The van der Waals surface area contributed by atoms with Crippen molar-refractivity contribution in [3.05, 3.63) is 70.2 Å². The average molecular weight is 327 g/mol. The van der Waals surface area contributed by atoms with E-state index in [2.05, 4.69) is 29.2 Å². The third-order valence-corrected chi connectivity index (χ3v) is 5.07. The van der Waals surface area contributed by atoms with E-state index in [1.165, 1.54) is 5.56 Å². The quantitative estimate of drug-likeness (QED) is 0.861. The van der Waals surface area contributed by atoms with Gasteiger partial charge in [-0.2, -0.15) is 0 Å². The van der Waals surface area contributed by atoms with Gasteiger partial charge in [0.1, 0.15) is 0 Å². The monoisotopic (exact) mass is 326 g/mol. The minimum absolute atomic E-state index is 0.156. The van der Waals surface area contributed by atoms with Crippen LogP contribution in [0, 0.1) is 0 Å². The molecule has 0 saturated carbocycles. The Hall–Kier alpha value is -1.84. The Balaban J connectivity index is 1.44. The number of rotatable bonds is 3. The number of halogens is 1. The van der Waals surface area contributed by atoms with Gasteiger partial charge in [0.2, 0.25) is 0 Å². The number of amides is 1. The Kier molecular flexibility index (Phi) is 3.83. The molecule has 2 aliphatic heterocycles. The summed E-state index contributed by atoms with van der Waals surface area (Å²) < 4.78 is 0. The van der Waals surface area contributed by atoms with Crippen molar-refractivity contribution in [2.45, 2.75) is 25.6 Å². The van der Waals surface area contributed by atoms with Crippen LogP contribution in [0.15, 0.2) is 48.5 Å². The first-order valence-electron chi connectivity index (χ1n) is 8.06. The molecule has 2 aromatic rings. The number of benzene rings is 2. The Bertz CT molecular complexity index is 731. The molecule has 1 atom stereocenters. The molecule has 1 amide bonds. The van der Waals surface area contributed by atoms with E-state index in [0.717, 1.165) is 37.2 Å². The van der Waals surface area contributed by atoms with Crippen molar-refractivity contribution in [2.75, 3.05) is 13.1 Å². The minimum atomic E-state index is 0.156. The van der Waals surface area contributed by atoms with Gasteiger partial charge < -0.3 is 4.90 Å². The molecule has 2 aliphatic rings. The molecular weight excluding hydrogens is 308 g/mol. The van der Waals surface area contributed by atoms with Gasteiger partial charge in [-0.3, -0.25) is 9.69 Å². The van der Waals surface area contributed by atoms with E-state index in [9.17, 15) is 4.79 Å². The van der Waals surface area contributed by atoms with E-state index in [0.29, 0.717) is 17.6 Å². The topological polar surface area (TPSA) is 23.6 Å². The van der Waals surface area contributed by atoms with Gasteiger partial charge in [0.05, 0.1) is 0 Å². The predicted molar refractivity (Wildman–Crippen MR) is 91.4 cm³/mol. The van der Waals surface area contributed by atoms with Crippen LogP contribution in [0.25, 0.3) is 0 Å². The summed E-state index contributed by atoms with van der Waals surface area (Å²) in [5, 5.41) is 0.704. The number of carbonyl (C=O) groups is 1. The summed E-state index contributed by atoms with van der Waals surface area (Å²) in [6, 6.07) is 16.4. The molecule has 23 heavy (non-hydrogen) atoms. The van der Waals surface area contributed by atoms with Gasteiger partial charge in [0.25, 0.3) is 5.91 Å². The summed E-state index contributed by atoms with van der Waals surface area (Å²) in [5.74, 6) is 0.156. The molecule has 1 unspecified atom stereocenters. The second-order valence-electron chi connectivity index (χ2n) is 6.40.